The van der Waals surface area contributed by atoms with E-state index in [0.29, 0.717) is 18.0 Å². The number of nitrogens with one attached hydrogen (secondary N) is 1. The van der Waals surface area contributed by atoms with Crippen LogP contribution >= 0.6 is 0 Å². The van der Waals surface area contributed by atoms with Gasteiger partial charge in [-0.3, -0.25) is 9.48 Å². The fourth-order valence-electron chi connectivity index (χ4n) is 3.00. The lowest BCUT2D eigenvalue weighted by atomic mass is 10.0. The molecule has 0 radical (unpaired) electrons. The van der Waals surface area contributed by atoms with Crippen molar-refractivity contribution in [3.8, 4) is 0 Å². The molecule has 0 aliphatic heterocycles. The van der Waals surface area contributed by atoms with Crippen LogP contribution in [0.3, 0.4) is 0 Å². The highest BCUT2D eigenvalue weighted by atomic mass is 16.1. The predicted octanol–water partition coefficient (Wildman–Crippen LogP) is 4.41. The van der Waals surface area contributed by atoms with E-state index < -0.39 is 0 Å². The minimum absolute atomic E-state index is 0.0126. The highest BCUT2D eigenvalue weighted by Gasteiger charge is 2.20. The van der Waals surface area contributed by atoms with Crippen LogP contribution in [0, 0.1) is 26.7 Å². The third-order valence-electron chi connectivity index (χ3n) is 4.62. The summed E-state index contributed by atoms with van der Waals surface area (Å²) in [5.41, 5.74) is 4.86. The molecule has 2 rings (SSSR count). The summed E-state index contributed by atoms with van der Waals surface area (Å²) in [7, 11) is 0. The molecule has 0 aliphatic rings. The zero-order valence-electron chi connectivity index (χ0n) is 16.4. The molecule has 1 amide bonds. The first-order valence-electron chi connectivity index (χ1n) is 9.18. The van der Waals surface area contributed by atoms with Gasteiger partial charge in [0.1, 0.15) is 0 Å². The zero-order valence-corrected chi connectivity index (χ0v) is 16.4. The Hall–Kier alpha value is -2.10. The van der Waals surface area contributed by atoms with Crippen molar-refractivity contribution in [3.05, 3.63) is 52.3 Å². The van der Waals surface area contributed by atoms with Crippen LogP contribution in [0.2, 0.25) is 0 Å². The van der Waals surface area contributed by atoms with E-state index in [0.717, 1.165) is 24.2 Å². The quantitative estimate of drug-likeness (QED) is 0.811. The van der Waals surface area contributed by atoms with Crippen LogP contribution < -0.4 is 5.32 Å². The van der Waals surface area contributed by atoms with E-state index in [1.54, 1.807) is 0 Å². The third kappa shape index (κ3) is 5.18. The van der Waals surface area contributed by atoms with Gasteiger partial charge in [-0.1, -0.05) is 43.7 Å². The van der Waals surface area contributed by atoms with Crippen molar-refractivity contribution >= 4 is 5.91 Å². The third-order valence-corrected chi connectivity index (χ3v) is 4.62. The molecule has 25 heavy (non-hydrogen) atoms. The lowest BCUT2D eigenvalue weighted by Crippen LogP contribution is -2.33. The highest BCUT2D eigenvalue weighted by Crippen LogP contribution is 2.16. The van der Waals surface area contributed by atoms with Gasteiger partial charge in [0.2, 0.25) is 0 Å². The molecular weight excluding hydrogens is 310 g/mol. The van der Waals surface area contributed by atoms with Gasteiger partial charge in [0, 0.05) is 11.7 Å². The van der Waals surface area contributed by atoms with E-state index in [4.69, 9.17) is 0 Å². The van der Waals surface area contributed by atoms with Crippen molar-refractivity contribution in [2.75, 3.05) is 0 Å². The Bertz CT molecular complexity index is 713. The van der Waals surface area contributed by atoms with E-state index in [2.05, 4.69) is 62.4 Å². The number of benzene rings is 1. The maximum absolute atomic E-state index is 12.7. The van der Waals surface area contributed by atoms with Crippen molar-refractivity contribution < 1.29 is 4.79 Å². The first-order valence-corrected chi connectivity index (χ1v) is 9.18. The van der Waals surface area contributed by atoms with Crippen LogP contribution in [0.5, 0.6) is 0 Å². The lowest BCUT2D eigenvalue weighted by molar-refractivity contribution is 0.0936. The van der Waals surface area contributed by atoms with Gasteiger partial charge in [0.25, 0.3) is 5.91 Å². The average Bonchev–Trinajstić information content (AvgIpc) is 2.81. The van der Waals surface area contributed by atoms with Crippen molar-refractivity contribution in [2.45, 2.75) is 67.0 Å². The number of amides is 1. The molecule has 1 heterocycles. The number of hydrogen-bond donors (Lipinski definition) is 1. The Morgan fingerprint density at radius 2 is 1.72 bits per heavy atom. The first-order chi connectivity index (χ1) is 11.8. The molecule has 1 N–H and O–H groups in total. The molecule has 2 aromatic rings. The summed E-state index contributed by atoms with van der Waals surface area (Å²) >= 11 is 0. The summed E-state index contributed by atoms with van der Waals surface area (Å²) < 4.78 is 1.92. The largest absolute Gasteiger partial charge is 0.349 e. The molecule has 4 heteroatoms. The van der Waals surface area contributed by atoms with Gasteiger partial charge in [-0.05, 0) is 52.0 Å². The van der Waals surface area contributed by atoms with Gasteiger partial charge >= 0.3 is 0 Å². The summed E-state index contributed by atoms with van der Waals surface area (Å²) in [5, 5.41) is 7.71. The summed E-state index contributed by atoms with van der Waals surface area (Å²) in [6, 6.07) is 8.60. The molecule has 136 valence electrons. The van der Waals surface area contributed by atoms with Gasteiger partial charge in [-0.25, -0.2) is 0 Å². The van der Waals surface area contributed by atoms with Gasteiger partial charge in [0.05, 0.1) is 17.8 Å². The second-order valence-corrected chi connectivity index (χ2v) is 7.53. The van der Waals surface area contributed by atoms with Crippen LogP contribution in [0.15, 0.2) is 24.3 Å². The topological polar surface area (TPSA) is 46.9 Å². The number of nitrogens with zero attached hydrogens (tertiary/aromatic N) is 2. The first kappa shape index (κ1) is 19.2. The Morgan fingerprint density at radius 1 is 1.08 bits per heavy atom. The number of carbonyl (C=O) groups is 1. The van der Waals surface area contributed by atoms with Crippen molar-refractivity contribution in [1.29, 1.82) is 0 Å². The molecule has 0 fully saturated rings. The van der Waals surface area contributed by atoms with Gasteiger partial charge in [-0.2, -0.15) is 5.10 Å². The van der Waals surface area contributed by atoms with Crippen LogP contribution in [0.25, 0.3) is 0 Å². The highest BCUT2D eigenvalue weighted by molar-refractivity contribution is 5.96. The number of carbonyl (C=O) groups excluding carboxylic acids is 1. The molecule has 1 aromatic heterocycles. The van der Waals surface area contributed by atoms with Crippen LogP contribution in [-0.2, 0) is 6.54 Å². The van der Waals surface area contributed by atoms with E-state index in [1.807, 2.05) is 18.5 Å². The van der Waals surface area contributed by atoms with Crippen molar-refractivity contribution in [2.24, 2.45) is 5.92 Å². The SMILES string of the molecule is Cc1ccc(Cn2nc(C)c(C(=O)NC(C)CCC(C)C)c2C)cc1. The van der Waals surface area contributed by atoms with Crippen molar-refractivity contribution in [3.63, 3.8) is 0 Å². The van der Waals surface area contributed by atoms with E-state index in [-0.39, 0.29) is 11.9 Å². The zero-order chi connectivity index (χ0) is 18.6. The minimum atomic E-state index is -0.0126. The van der Waals surface area contributed by atoms with Crippen LogP contribution in [-0.4, -0.2) is 21.7 Å². The van der Waals surface area contributed by atoms with E-state index >= 15 is 0 Å². The standard InChI is InChI=1S/C21H31N3O/c1-14(2)7-10-16(4)22-21(25)20-17(5)23-24(18(20)6)13-19-11-8-15(3)9-12-19/h8-9,11-12,14,16H,7,10,13H2,1-6H3,(H,22,25). The molecule has 0 saturated heterocycles. The minimum Gasteiger partial charge on any atom is -0.349 e. The molecule has 1 atom stereocenters. The monoisotopic (exact) mass is 341 g/mol. The summed E-state index contributed by atoms with van der Waals surface area (Å²) in [6.07, 6.45) is 2.12. The molecule has 0 saturated carbocycles. The number of rotatable bonds is 7. The Balaban J connectivity index is 2.10. The summed E-state index contributed by atoms with van der Waals surface area (Å²) in [6.45, 7) is 13.1. The fraction of sp³-hybridized carbons (Fsp3) is 0.524. The maximum Gasteiger partial charge on any atom is 0.255 e. The Labute approximate surface area is 151 Å². The van der Waals surface area contributed by atoms with Gasteiger partial charge < -0.3 is 5.32 Å². The second-order valence-electron chi connectivity index (χ2n) is 7.53. The Kier molecular flexibility index (Phi) is 6.40. The van der Waals surface area contributed by atoms with Crippen molar-refractivity contribution in [1.82, 2.24) is 15.1 Å². The van der Waals surface area contributed by atoms with Gasteiger partial charge in [0.15, 0.2) is 0 Å². The normalized spacial score (nSPS) is 12.4. The Morgan fingerprint density at radius 3 is 2.32 bits per heavy atom. The van der Waals surface area contributed by atoms with Crippen LogP contribution in [0.4, 0.5) is 0 Å². The smallest absolute Gasteiger partial charge is 0.255 e. The fourth-order valence-corrected chi connectivity index (χ4v) is 3.00. The second kappa shape index (κ2) is 8.32. The van der Waals surface area contributed by atoms with E-state index in [1.165, 1.54) is 11.1 Å². The number of aryl methyl sites for hydroxylation is 2. The summed E-state index contributed by atoms with van der Waals surface area (Å²) in [4.78, 5) is 12.7. The molecule has 0 spiro atoms. The molecule has 1 unspecified atom stereocenters. The molecule has 0 aliphatic carbocycles. The maximum atomic E-state index is 12.7. The number of hydrogen-bond acceptors (Lipinski definition) is 2. The molecular formula is C21H31N3O. The molecule has 4 nitrogen and oxygen atoms in total. The van der Waals surface area contributed by atoms with E-state index in [9.17, 15) is 4.79 Å². The number of aromatic nitrogens is 2. The lowest BCUT2D eigenvalue weighted by Gasteiger charge is -2.15. The summed E-state index contributed by atoms with van der Waals surface area (Å²) in [5.74, 6) is 0.640. The predicted molar refractivity (Wildman–Crippen MR) is 103 cm³/mol. The molecule has 1 aromatic carbocycles. The van der Waals surface area contributed by atoms with Crippen LogP contribution in [0.1, 0.15) is 66.5 Å². The molecule has 0 bridgehead atoms. The average molecular weight is 341 g/mol. The van der Waals surface area contributed by atoms with Gasteiger partial charge in [-0.15, -0.1) is 0 Å².